The van der Waals surface area contributed by atoms with E-state index in [1.807, 2.05) is 0 Å². The lowest BCUT2D eigenvalue weighted by Crippen LogP contribution is -2.37. The first-order valence-electron chi connectivity index (χ1n) is 9.87. The molecule has 2 aromatic carbocycles. The maximum atomic E-state index is 14.1. The van der Waals surface area contributed by atoms with Crippen LogP contribution in [0.4, 0.5) is 18.9 Å². The summed E-state index contributed by atoms with van der Waals surface area (Å²) in [4.78, 5) is 35.8. The van der Waals surface area contributed by atoms with Gasteiger partial charge in [0, 0.05) is 29.2 Å². The Morgan fingerprint density at radius 1 is 1.09 bits per heavy atom. The van der Waals surface area contributed by atoms with Gasteiger partial charge in [-0.3, -0.25) is 9.59 Å². The minimum absolute atomic E-state index is 0.0387. The molecule has 1 amide bonds. The molecule has 0 bridgehead atoms. The van der Waals surface area contributed by atoms with Gasteiger partial charge in [0.25, 0.3) is 11.5 Å². The van der Waals surface area contributed by atoms with Crippen LogP contribution in [0.2, 0.25) is 0 Å². The Morgan fingerprint density at radius 2 is 1.82 bits per heavy atom. The van der Waals surface area contributed by atoms with Crippen LogP contribution in [0.5, 0.6) is 0 Å². The molecule has 0 saturated heterocycles. The summed E-state index contributed by atoms with van der Waals surface area (Å²) in [5.74, 6) is -3.37. The van der Waals surface area contributed by atoms with Gasteiger partial charge >= 0.3 is 0 Å². The van der Waals surface area contributed by atoms with Crippen molar-refractivity contribution >= 4 is 33.3 Å². The molecule has 166 valence electrons. The summed E-state index contributed by atoms with van der Waals surface area (Å²) in [6, 6.07) is 4.79. The lowest BCUT2D eigenvalue weighted by Gasteiger charge is -2.33. The van der Waals surface area contributed by atoms with Crippen molar-refractivity contribution in [1.82, 2.24) is 14.9 Å². The third-order valence-corrected chi connectivity index (χ3v) is 5.86. The monoisotopic (exact) mass is 452 g/mol. The molecule has 5 rings (SSSR count). The summed E-state index contributed by atoms with van der Waals surface area (Å²) in [7, 11) is 1.50. The lowest BCUT2D eigenvalue weighted by molar-refractivity contribution is 0.0333. The molecule has 2 aromatic heterocycles. The lowest BCUT2D eigenvalue weighted by atomic mass is 9.95. The topological polar surface area (TPSA) is 82.5 Å². The number of fused-ring (bicyclic) bond motifs is 4. The number of halogens is 3. The zero-order valence-electron chi connectivity index (χ0n) is 17.1. The van der Waals surface area contributed by atoms with E-state index >= 15 is 0 Å². The summed E-state index contributed by atoms with van der Waals surface area (Å²) < 4.78 is 47.2. The van der Waals surface area contributed by atoms with Crippen LogP contribution >= 0.6 is 0 Å². The number of ether oxygens (including phenoxy) is 1. The fraction of sp³-hybridized carbons (Fsp3) is 0.174. The first-order chi connectivity index (χ1) is 15.8. The number of aromatic amines is 2. The van der Waals surface area contributed by atoms with Gasteiger partial charge in [0.1, 0.15) is 11.5 Å². The van der Waals surface area contributed by atoms with Gasteiger partial charge in [0.2, 0.25) is 0 Å². The van der Waals surface area contributed by atoms with Crippen LogP contribution in [0.1, 0.15) is 27.8 Å². The zero-order chi connectivity index (χ0) is 23.4. The Morgan fingerprint density at radius 3 is 2.55 bits per heavy atom. The van der Waals surface area contributed by atoms with Crippen LogP contribution in [-0.4, -0.2) is 34.4 Å². The number of amides is 1. The minimum Gasteiger partial charge on any atom is -0.373 e. The maximum absolute atomic E-state index is 14.1. The van der Waals surface area contributed by atoms with Crippen molar-refractivity contribution in [2.75, 3.05) is 13.7 Å². The van der Waals surface area contributed by atoms with Crippen molar-refractivity contribution in [3.05, 3.63) is 86.5 Å². The highest BCUT2D eigenvalue weighted by Crippen LogP contribution is 2.35. The van der Waals surface area contributed by atoms with E-state index in [0.717, 1.165) is 18.2 Å². The number of hydrogen-bond donors (Lipinski definition) is 2. The van der Waals surface area contributed by atoms with Crippen molar-refractivity contribution in [3.8, 4) is 0 Å². The number of H-pyrrole nitrogens is 2. The smallest absolute Gasteiger partial charge is 0.270 e. The van der Waals surface area contributed by atoms with E-state index in [1.165, 1.54) is 24.1 Å². The zero-order valence-corrected chi connectivity index (χ0v) is 17.1. The predicted molar refractivity (Wildman–Crippen MR) is 113 cm³/mol. The van der Waals surface area contributed by atoms with Gasteiger partial charge < -0.3 is 19.6 Å². The molecule has 2 N–H and O–H groups in total. The van der Waals surface area contributed by atoms with Gasteiger partial charge in [-0.15, -0.1) is 0 Å². The standard InChI is InChI=1S/C23H15F3N4O3/c1-27-16-3-10(24)4-17-13(16)7-18(28-17)23(32)30(2)20-9-33-8-19-21(20)11-5-14(25)15(26)6-12(11)22(31)29-19/h3-7,20,28H,8-9H2,2H3,(H,29,31)/t20-/m1/s1. The summed E-state index contributed by atoms with van der Waals surface area (Å²) in [5.41, 5.74) is 0.699. The number of rotatable bonds is 2. The number of likely N-dealkylation sites (N-methyl/N-ethyl adjacent to an activating group) is 1. The maximum Gasteiger partial charge on any atom is 0.270 e. The van der Waals surface area contributed by atoms with Crippen LogP contribution in [0.15, 0.2) is 35.1 Å². The number of carbonyl (C=O) groups is 1. The Kier molecular flexibility index (Phi) is 4.72. The Balaban J connectivity index is 1.62. The molecule has 0 unspecified atom stereocenters. The summed E-state index contributed by atoms with van der Waals surface area (Å²) in [6.07, 6.45) is 0. The highest BCUT2D eigenvalue weighted by molar-refractivity contribution is 6.02. The number of nitrogens with one attached hydrogen (secondary N) is 2. The molecular weight excluding hydrogens is 437 g/mol. The average Bonchev–Trinajstić information content (AvgIpc) is 3.22. The summed E-state index contributed by atoms with van der Waals surface area (Å²) >= 11 is 0. The van der Waals surface area contributed by atoms with E-state index in [4.69, 9.17) is 11.3 Å². The van der Waals surface area contributed by atoms with Gasteiger partial charge in [-0.2, -0.15) is 0 Å². The molecule has 4 aromatic rings. The van der Waals surface area contributed by atoms with E-state index in [9.17, 15) is 22.8 Å². The molecule has 10 heteroatoms. The predicted octanol–water partition coefficient (Wildman–Crippen LogP) is 4.32. The quantitative estimate of drug-likeness (QED) is 0.445. The SMILES string of the molecule is [C-]#[N+]c1cc(F)cc2[nH]c(C(=O)N(C)[C@@H]3COCc4[nH]c(=O)c5cc(F)c(F)cc5c43)cc12. The van der Waals surface area contributed by atoms with Gasteiger partial charge in [0.15, 0.2) is 17.3 Å². The molecule has 0 fully saturated rings. The number of aromatic nitrogens is 2. The van der Waals surface area contributed by atoms with Gasteiger partial charge in [-0.25, -0.2) is 18.0 Å². The van der Waals surface area contributed by atoms with Crippen LogP contribution in [0.25, 0.3) is 26.5 Å². The van der Waals surface area contributed by atoms with Crippen LogP contribution in [0.3, 0.4) is 0 Å². The van der Waals surface area contributed by atoms with Crippen molar-refractivity contribution in [1.29, 1.82) is 0 Å². The van der Waals surface area contributed by atoms with Crippen LogP contribution < -0.4 is 5.56 Å². The number of pyridine rings is 1. The van der Waals surface area contributed by atoms with E-state index in [-0.39, 0.29) is 35.4 Å². The molecule has 33 heavy (non-hydrogen) atoms. The number of benzene rings is 2. The highest BCUT2D eigenvalue weighted by atomic mass is 19.2. The summed E-state index contributed by atoms with van der Waals surface area (Å²) in [6.45, 7) is 7.33. The minimum atomic E-state index is -1.15. The second kappa shape index (κ2) is 7.50. The van der Waals surface area contributed by atoms with Gasteiger partial charge in [0.05, 0.1) is 31.2 Å². The molecule has 0 saturated carbocycles. The molecule has 7 nitrogen and oxygen atoms in total. The molecule has 0 radical (unpaired) electrons. The molecule has 1 atom stereocenters. The highest BCUT2D eigenvalue weighted by Gasteiger charge is 2.32. The number of carbonyl (C=O) groups excluding carboxylic acids is 1. The third-order valence-electron chi connectivity index (χ3n) is 5.86. The van der Waals surface area contributed by atoms with Crippen LogP contribution in [-0.2, 0) is 11.3 Å². The molecule has 0 aliphatic carbocycles. The molecule has 0 spiro atoms. The Labute approximate surface area is 184 Å². The van der Waals surface area contributed by atoms with Gasteiger partial charge in [-0.1, -0.05) is 0 Å². The number of nitrogens with zero attached hydrogens (tertiary/aromatic N) is 2. The summed E-state index contributed by atoms with van der Waals surface area (Å²) in [5, 5.41) is 0.550. The third kappa shape index (κ3) is 3.25. The fourth-order valence-electron chi connectivity index (χ4n) is 4.27. The number of hydrogen-bond acceptors (Lipinski definition) is 3. The molecule has 1 aliphatic rings. The van der Waals surface area contributed by atoms with E-state index in [0.29, 0.717) is 22.2 Å². The van der Waals surface area contributed by atoms with Crippen molar-refractivity contribution in [3.63, 3.8) is 0 Å². The van der Waals surface area contributed by atoms with Crippen molar-refractivity contribution in [2.45, 2.75) is 12.6 Å². The molecule has 3 heterocycles. The van der Waals surface area contributed by atoms with Crippen molar-refractivity contribution < 1.29 is 22.7 Å². The second-order valence-corrected chi connectivity index (χ2v) is 7.79. The molecular formula is C23H15F3N4O3. The average molecular weight is 452 g/mol. The largest absolute Gasteiger partial charge is 0.373 e. The first-order valence-corrected chi connectivity index (χ1v) is 9.87. The Bertz CT molecular complexity index is 1570. The van der Waals surface area contributed by atoms with E-state index in [1.54, 1.807) is 0 Å². The van der Waals surface area contributed by atoms with Crippen LogP contribution in [0, 0.1) is 24.0 Å². The first kappa shape index (κ1) is 20.8. The van der Waals surface area contributed by atoms with E-state index in [2.05, 4.69) is 14.8 Å². The normalized spacial score (nSPS) is 15.4. The molecule has 1 aliphatic heterocycles. The second-order valence-electron chi connectivity index (χ2n) is 7.79. The van der Waals surface area contributed by atoms with E-state index < -0.39 is 35.0 Å². The Hall–Kier alpha value is -4.10. The van der Waals surface area contributed by atoms with Gasteiger partial charge in [-0.05, 0) is 35.7 Å². The van der Waals surface area contributed by atoms with Crippen molar-refractivity contribution in [2.24, 2.45) is 0 Å². The fourth-order valence-corrected chi connectivity index (χ4v) is 4.27.